The molecule has 0 unspecified atom stereocenters. The van der Waals surface area contributed by atoms with Crippen molar-refractivity contribution in [2.75, 3.05) is 7.11 Å². The Balaban J connectivity index is 1.94. The number of benzene rings is 1. The molecular formula is C17H14N8O2. The van der Waals surface area contributed by atoms with E-state index in [-0.39, 0.29) is 0 Å². The highest BCUT2D eigenvalue weighted by Crippen LogP contribution is 2.35. The molecule has 0 amide bonds. The predicted molar refractivity (Wildman–Crippen MR) is 95.0 cm³/mol. The SMILES string of the molecule is CCn1nncc1-c1nn2c(-c3ccon3)nnc2c2cccc(OC)c12. The lowest BCUT2D eigenvalue weighted by Crippen LogP contribution is -2.05. The topological polar surface area (TPSA) is 109 Å². The van der Waals surface area contributed by atoms with Crippen LogP contribution in [0.5, 0.6) is 5.75 Å². The standard InChI is InChI=1S/C17H14N8O2/c1-3-24-12(9-18-23-24)15-14-10(5-4-6-13(14)26-2)16-19-20-17(25(16)21-15)11-7-8-27-22-11/h4-9H,3H2,1-2H3. The van der Waals surface area contributed by atoms with Gasteiger partial charge in [-0.05, 0) is 13.0 Å². The van der Waals surface area contributed by atoms with E-state index in [9.17, 15) is 0 Å². The minimum atomic E-state index is 0.486. The van der Waals surface area contributed by atoms with E-state index < -0.39 is 0 Å². The lowest BCUT2D eigenvalue weighted by atomic mass is 10.1. The second-order valence-corrected chi connectivity index (χ2v) is 5.81. The van der Waals surface area contributed by atoms with Crippen LogP contribution < -0.4 is 4.74 Å². The summed E-state index contributed by atoms with van der Waals surface area (Å²) in [6.07, 6.45) is 3.17. The first kappa shape index (κ1) is 15.4. The Morgan fingerprint density at radius 2 is 2.11 bits per heavy atom. The van der Waals surface area contributed by atoms with Crippen LogP contribution in [-0.4, -0.2) is 47.1 Å². The van der Waals surface area contributed by atoms with Crippen molar-refractivity contribution in [3.05, 3.63) is 36.7 Å². The average Bonchev–Trinajstić information content (AvgIpc) is 3.46. The van der Waals surface area contributed by atoms with Crippen molar-refractivity contribution >= 4 is 16.4 Å². The zero-order valence-electron chi connectivity index (χ0n) is 14.6. The number of hydrogen-bond donors (Lipinski definition) is 0. The molecule has 0 atom stereocenters. The molecule has 4 aromatic heterocycles. The third kappa shape index (κ3) is 2.19. The van der Waals surface area contributed by atoms with E-state index in [1.807, 2.05) is 25.1 Å². The van der Waals surface area contributed by atoms with E-state index in [1.165, 1.54) is 6.26 Å². The summed E-state index contributed by atoms with van der Waals surface area (Å²) in [5.41, 5.74) is 2.59. The van der Waals surface area contributed by atoms with Gasteiger partial charge < -0.3 is 9.26 Å². The molecule has 4 heterocycles. The molecule has 0 saturated heterocycles. The van der Waals surface area contributed by atoms with Crippen LogP contribution in [0.1, 0.15) is 6.92 Å². The van der Waals surface area contributed by atoms with Crippen LogP contribution in [0, 0.1) is 0 Å². The number of ether oxygens (including phenoxy) is 1. The molecule has 27 heavy (non-hydrogen) atoms. The summed E-state index contributed by atoms with van der Waals surface area (Å²) in [5.74, 6) is 1.17. The molecule has 0 fully saturated rings. The van der Waals surface area contributed by atoms with Gasteiger partial charge in [0.25, 0.3) is 0 Å². The van der Waals surface area contributed by atoms with Gasteiger partial charge in [-0.2, -0.15) is 9.61 Å². The second kappa shape index (κ2) is 5.87. The van der Waals surface area contributed by atoms with Crippen LogP contribution in [0.15, 0.2) is 41.2 Å². The van der Waals surface area contributed by atoms with Crippen molar-refractivity contribution in [1.29, 1.82) is 0 Å². The molecule has 10 heteroatoms. The Hall–Kier alpha value is -3.82. The predicted octanol–water partition coefficient (Wildman–Crippen LogP) is 2.22. The van der Waals surface area contributed by atoms with Crippen molar-refractivity contribution in [2.24, 2.45) is 0 Å². The van der Waals surface area contributed by atoms with Gasteiger partial charge in [0, 0.05) is 18.0 Å². The van der Waals surface area contributed by atoms with E-state index in [0.717, 1.165) is 16.5 Å². The molecule has 0 aliphatic rings. The summed E-state index contributed by atoms with van der Waals surface area (Å²) in [7, 11) is 1.63. The van der Waals surface area contributed by atoms with Gasteiger partial charge in [0.15, 0.2) is 11.3 Å². The van der Waals surface area contributed by atoms with E-state index in [2.05, 4.69) is 25.7 Å². The molecule has 0 spiro atoms. The number of methoxy groups -OCH3 is 1. The fraction of sp³-hybridized carbons (Fsp3) is 0.176. The van der Waals surface area contributed by atoms with Gasteiger partial charge in [-0.25, -0.2) is 4.68 Å². The van der Waals surface area contributed by atoms with Crippen LogP contribution in [0.4, 0.5) is 0 Å². The average molecular weight is 362 g/mol. The fourth-order valence-electron chi connectivity index (χ4n) is 3.17. The number of nitrogens with zero attached hydrogens (tertiary/aromatic N) is 8. The van der Waals surface area contributed by atoms with Gasteiger partial charge >= 0.3 is 0 Å². The zero-order valence-corrected chi connectivity index (χ0v) is 14.6. The van der Waals surface area contributed by atoms with Crippen LogP contribution in [0.25, 0.3) is 39.3 Å². The van der Waals surface area contributed by atoms with E-state index in [0.29, 0.717) is 35.2 Å². The maximum absolute atomic E-state index is 5.59. The first-order valence-electron chi connectivity index (χ1n) is 8.33. The number of hydrogen-bond acceptors (Lipinski definition) is 8. The molecule has 0 N–H and O–H groups in total. The van der Waals surface area contributed by atoms with Gasteiger partial charge in [-0.1, -0.05) is 22.5 Å². The van der Waals surface area contributed by atoms with Gasteiger partial charge in [-0.15, -0.1) is 15.3 Å². The normalized spacial score (nSPS) is 11.5. The van der Waals surface area contributed by atoms with Crippen LogP contribution in [-0.2, 0) is 6.54 Å². The van der Waals surface area contributed by atoms with Gasteiger partial charge in [0.1, 0.15) is 23.4 Å². The Morgan fingerprint density at radius 3 is 2.89 bits per heavy atom. The summed E-state index contributed by atoms with van der Waals surface area (Å²) < 4.78 is 14.0. The van der Waals surface area contributed by atoms with Crippen LogP contribution in [0.3, 0.4) is 0 Å². The van der Waals surface area contributed by atoms with Crippen LogP contribution >= 0.6 is 0 Å². The highest BCUT2D eigenvalue weighted by atomic mass is 16.5. The molecule has 10 nitrogen and oxygen atoms in total. The Labute approximate surface area is 152 Å². The Bertz CT molecular complexity index is 1260. The van der Waals surface area contributed by atoms with Gasteiger partial charge in [0.2, 0.25) is 5.82 Å². The number of aromatic nitrogens is 8. The maximum Gasteiger partial charge on any atom is 0.207 e. The first-order valence-corrected chi connectivity index (χ1v) is 8.33. The number of aryl methyl sites for hydroxylation is 1. The summed E-state index contributed by atoms with van der Waals surface area (Å²) in [4.78, 5) is 0. The lowest BCUT2D eigenvalue weighted by molar-refractivity contribution is 0.419. The largest absolute Gasteiger partial charge is 0.496 e. The molecule has 1 aromatic carbocycles. The fourth-order valence-corrected chi connectivity index (χ4v) is 3.17. The van der Waals surface area contributed by atoms with Crippen molar-refractivity contribution in [3.63, 3.8) is 0 Å². The van der Waals surface area contributed by atoms with E-state index in [4.69, 9.17) is 14.4 Å². The summed E-state index contributed by atoms with van der Waals surface area (Å²) >= 11 is 0. The van der Waals surface area contributed by atoms with Crippen molar-refractivity contribution in [1.82, 2.24) is 40.0 Å². The molecular weight excluding hydrogens is 348 g/mol. The van der Waals surface area contributed by atoms with Gasteiger partial charge in [0.05, 0.1) is 18.7 Å². The maximum atomic E-state index is 5.59. The summed E-state index contributed by atoms with van der Waals surface area (Å²) in [5, 5.41) is 27.2. The Morgan fingerprint density at radius 1 is 1.19 bits per heavy atom. The third-order valence-electron chi connectivity index (χ3n) is 4.39. The molecule has 0 aliphatic carbocycles. The molecule has 0 saturated carbocycles. The highest BCUT2D eigenvalue weighted by molar-refractivity contribution is 6.05. The molecule has 0 radical (unpaired) electrons. The summed E-state index contributed by atoms with van der Waals surface area (Å²) in [6, 6.07) is 7.47. The smallest absolute Gasteiger partial charge is 0.207 e. The number of fused-ring (bicyclic) bond motifs is 3. The monoisotopic (exact) mass is 362 g/mol. The lowest BCUT2D eigenvalue weighted by Gasteiger charge is -2.11. The first-order chi connectivity index (χ1) is 13.3. The van der Waals surface area contributed by atoms with Gasteiger partial charge in [-0.3, -0.25) is 0 Å². The molecule has 0 bridgehead atoms. The molecule has 0 aliphatic heterocycles. The quantitative estimate of drug-likeness (QED) is 0.479. The third-order valence-corrected chi connectivity index (χ3v) is 4.39. The molecule has 134 valence electrons. The van der Waals surface area contributed by atoms with E-state index >= 15 is 0 Å². The van der Waals surface area contributed by atoms with Crippen LogP contribution in [0.2, 0.25) is 0 Å². The van der Waals surface area contributed by atoms with E-state index in [1.54, 1.807) is 28.6 Å². The second-order valence-electron chi connectivity index (χ2n) is 5.81. The number of rotatable bonds is 4. The Kier molecular flexibility index (Phi) is 3.35. The highest BCUT2D eigenvalue weighted by Gasteiger charge is 2.22. The molecule has 5 rings (SSSR count). The minimum absolute atomic E-state index is 0.486. The minimum Gasteiger partial charge on any atom is -0.496 e. The van der Waals surface area contributed by atoms with Crippen molar-refractivity contribution in [2.45, 2.75) is 13.5 Å². The summed E-state index contributed by atoms with van der Waals surface area (Å²) in [6.45, 7) is 2.65. The van der Waals surface area contributed by atoms with Crippen molar-refractivity contribution < 1.29 is 9.26 Å². The zero-order chi connectivity index (χ0) is 18.4. The van der Waals surface area contributed by atoms with Crippen molar-refractivity contribution in [3.8, 4) is 28.7 Å². The molecule has 5 aromatic rings.